The van der Waals surface area contributed by atoms with Crippen LogP contribution in [0.1, 0.15) is 38.5 Å². The Morgan fingerprint density at radius 3 is 2.88 bits per heavy atom. The highest BCUT2D eigenvalue weighted by atomic mass is 16.6. The van der Waals surface area contributed by atoms with Crippen molar-refractivity contribution in [3.8, 4) is 0 Å². The van der Waals surface area contributed by atoms with Crippen molar-refractivity contribution in [3.05, 3.63) is 11.6 Å². The predicted octanol–water partition coefficient (Wildman–Crippen LogP) is 2.25. The van der Waals surface area contributed by atoms with Crippen LogP contribution in [0, 0.1) is 0 Å². The van der Waals surface area contributed by atoms with Crippen LogP contribution in [-0.2, 0) is 14.3 Å². The van der Waals surface area contributed by atoms with Crippen molar-refractivity contribution in [1.82, 2.24) is 0 Å². The summed E-state index contributed by atoms with van der Waals surface area (Å²) < 4.78 is 10.7. The average molecular weight is 224 g/mol. The van der Waals surface area contributed by atoms with Gasteiger partial charge in [0.1, 0.15) is 6.10 Å². The third-order valence-electron chi connectivity index (χ3n) is 3.22. The Labute approximate surface area is 96.8 Å². The second-order valence-electron chi connectivity index (χ2n) is 4.48. The summed E-state index contributed by atoms with van der Waals surface area (Å²) in [5, 5.41) is 0. The van der Waals surface area contributed by atoms with Gasteiger partial charge in [0.15, 0.2) is 5.78 Å². The molecule has 1 fully saturated rings. The number of ketones is 1. The molecule has 0 amide bonds. The quantitative estimate of drug-likeness (QED) is 0.721. The number of hydrogen-bond acceptors (Lipinski definition) is 3. The Hall–Kier alpha value is -0.670. The van der Waals surface area contributed by atoms with Crippen LogP contribution < -0.4 is 0 Å². The van der Waals surface area contributed by atoms with Gasteiger partial charge in [-0.25, -0.2) is 0 Å². The summed E-state index contributed by atoms with van der Waals surface area (Å²) in [5.41, 5.74) is 0.968. The Balaban J connectivity index is 1.95. The molecule has 1 saturated heterocycles. The lowest BCUT2D eigenvalue weighted by Gasteiger charge is -2.23. The molecular formula is C13H20O3. The number of Topliss-reactive ketones (excluding diaryl/α,β-unsaturated/α-hetero) is 1. The molecule has 1 aliphatic carbocycles. The Bertz CT molecular complexity index is 264. The van der Waals surface area contributed by atoms with Crippen LogP contribution in [0.2, 0.25) is 0 Å². The van der Waals surface area contributed by atoms with Crippen molar-refractivity contribution in [2.24, 2.45) is 0 Å². The fourth-order valence-corrected chi connectivity index (χ4v) is 2.26. The molecule has 0 spiro atoms. The molecule has 0 saturated carbocycles. The molecule has 1 heterocycles. The molecule has 0 N–H and O–H groups in total. The van der Waals surface area contributed by atoms with Gasteiger partial charge in [-0.15, -0.1) is 0 Å². The molecule has 0 bridgehead atoms. The molecule has 1 unspecified atom stereocenters. The largest absolute Gasteiger partial charge is 0.376 e. The number of carbonyl (C=O) groups excluding carboxylic acids is 1. The number of rotatable bonds is 2. The summed E-state index contributed by atoms with van der Waals surface area (Å²) in [4.78, 5) is 12.1. The first kappa shape index (κ1) is 11.8. The minimum atomic E-state index is -0.348. The zero-order valence-electron chi connectivity index (χ0n) is 9.74. The van der Waals surface area contributed by atoms with Gasteiger partial charge < -0.3 is 9.47 Å². The summed E-state index contributed by atoms with van der Waals surface area (Å²) in [5.74, 6) is 0.154. The molecule has 0 aromatic carbocycles. The highest BCUT2D eigenvalue weighted by Crippen LogP contribution is 2.20. The molecule has 16 heavy (non-hydrogen) atoms. The van der Waals surface area contributed by atoms with E-state index in [9.17, 15) is 4.79 Å². The second kappa shape index (κ2) is 6.16. The van der Waals surface area contributed by atoms with Gasteiger partial charge in [-0.1, -0.05) is 18.9 Å². The number of allylic oxidation sites excluding steroid dienone is 1. The molecule has 90 valence electrons. The van der Waals surface area contributed by atoms with E-state index in [2.05, 4.69) is 6.08 Å². The summed E-state index contributed by atoms with van der Waals surface area (Å²) in [6.45, 7) is 1.59. The van der Waals surface area contributed by atoms with Gasteiger partial charge in [0.2, 0.25) is 0 Å². The van der Waals surface area contributed by atoms with Crippen molar-refractivity contribution in [2.75, 3.05) is 19.8 Å². The van der Waals surface area contributed by atoms with E-state index >= 15 is 0 Å². The lowest BCUT2D eigenvalue weighted by molar-refractivity contribution is -0.141. The van der Waals surface area contributed by atoms with E-state index < -0.39 is 0 Å². The first-order valence-electron chi connectivity index (χ1n) is 6.30. The minimum Gasteiger partial charge on any atom is -0.376 e. The molecule has 3 heteroatoms. The first-order chi connectivity index (χ1) is 7.88. The summed E-state index contributed by atoms with van der Waals surface area (Å²) in [6.07, 6.45) is 8.59. The van der Waals surface area contributed by atoms with Gasteiger partial charge in [-0.3, -0.25) is 4.79 Å². The summed E-state index contributed by atoms with van der Waals surface area (Å²) in [6, 6.07) is 0. The lowest BCUT2D eigenvalue weighted by Crippen LogP contribution is -2.36. The van der Waals surface area contributed by atoms with Crippen LogP contribution in [0.15, 0.2) is 11.6 Å². The van der Waals surface area contributed by atoms with E-state index in [1.54, 1.807) is 0 Å². The minimum absolute atomic E-state index is 0.154. The number of carbonyl (C=O) groups is 1. The fraction of sp³-hybridized carbons (Fsp3) is 0.769. The van der Waals surface area contributed by atoms with Crippen molar-refractivity contribution in [2.45, 2.75) is 44.6 Å². The van der Waals surface area contributed by atoms with Crippen LogP contribution in [-0.4, -0.2) is 31.7 Å². The predicted molar refractivity (Wildman–Crippen MR) is 61.4 cm³/mol. The van der Waals surface area contributed by atoms with Gasteiger partial charge in [0, 0.05) is 0 Å². The van der Waals surface area contributed by atoms with E-state index in [0.29, 0.717) is 19.8 Å². The van der Waals surface area contributed by atoms with E-state index in [4.69, 9.17) is 9.47 Å². The van der Waals surface area contributed by atoms with Crippen LogP contribution in [0.3, 0.4) is 0 Å². The maximum Gasteiger partial charge on any atom is 0.189 e. The van der Waals surface area contributed by atoms with Crippen LogP contribution in [0.25, 0.3) is 0 Å². The zero-order chi connectivity index (χ0) is 11.2. The fourth-order valence-electron chi connectivity index (χ4n) is 2.26. The Morgan fingerprint density at radius 1 is 1.19 bits per heavy atom. The SMILES string of the molecule is O=C(C1=CCCCCCC1)C1COCCO1. The number of ether oxygens (including phenoxy) is 2. The van der Waals surface area contributed by atoms with Crippen LogP contribution in [0.4, 0.5) is 0 Å². The molecular weight excluding hydrogens is 204 g/mol. The Kier molecular flexibility index (Phi) is 4.55. The van der Waals surface area contributed by atoms with E-state index in [1.165, 1.54) is 19.3 Å². The third kappa shape index (κ3) is 3.16. The van der Waals surface area contributed by atoms with Gasteiger partial charge >= 0.3 is 0 Å². The highest BCUT2D eigenvalue weighted by Gasteiger charge is 2.25. The van der Waals surface area contributed by atoms with Gasteiger partial charge in [-0.2, -0.15) is 0 Å². The van der Waals surface area contributed by atoms with Crippen LogP contribution in [0.5, 0.6) is 0 Å². The van der Waals surface area contributed by atoms with Crippen molar-refractivity contribution >= 4 is 5.78 Å². The Morgan fingerprint density at radius 2 is 2.06 bits per heavy atom. The molecule has 0 aromatic rings. The van der Waals surface area contributed by atoms with Gasteiger partial charge in [-0.05, 0) is 31.3 Å². The molecule has 2 aliphatic rings. The molecule has 1 aliphatic heterocycles. The van der Waals surface area contributed by atoms with Gasteiger partial charge in [0.25, 0.3) is 0 Å². The standard InChI is InChI=1S/C13H20O3/c14-13(12-10-15-8-9-16-12)11-6-4-2-1-3-5-7-11/h6,12H,1-5,7-10H2. The highest BCUT2D eigenvalue weighted by molar-refractivity contribution is 5.98. The van der Waals surface area contributed by atoms with E-state index in [-0.39, 0.29) is 11.9 Å². The number of hydrogen-bond donors (Lipinski definition) is 0. The second-order valence-corrected chi connectivity index (χ2v) is 4.48. The lowest BCUT2D eigenvalue weighted by atomic mass is 9.95. The average Bonchev–Trinajstić information content (AvgIpc) is 2.29. The van der Waals surface area contributed by atoms with Crippen molar-refractivity contribution in [3.63, 3.8) is 0 Å². The maximum atomic E-state index is 12.1. The molecule has 0 radical (unpaired) electrons. The van der Waals surface area contributed by atoms with E-state index in [0.717, 1.165) is 24.8 Å². The maximum absolute atomic E-state index is 12.1. The topological polar surface area (TPSA) is 35.5 Å². The monoisotopic (exact) mass is 224 g/mol. The van der Waals surface area contributed by atoms with Crippen molar-refractivity contribution < 1.29 is 14.3 Å². The van der Waals surface area contributed by atoms with Crippen molar-refractivity contribution in [1.29, 1.82) is 0 Å². The zero-order valence-corrected chi connectivity index (χ0v) is 9.74. The van der Waals surface area contributed by atoms with Crippen LogP contribution >= 0.6 is 0 Å². The normalized spacial score (nSPS) is 27.8. The third-order valence-corrected chi connectivity index (χ3v) is 3.22. The molecule has 1 atom stereocenters. The molecule has 2 rings (SSSR count). The van der Waals surface area contributed by atoms with Gasteiger partial charge in [0.05, 0.1) is 19.8 Å². The summed E-state index contributed by atoms with van der Waals surface area (Å²) >= 11 is 0. The smallest absolute Gasteiger partial charge is 0.189 e. The first-order valence-corrected chi connectivity index (χ1v) is 6.30. The molecule has 0 aromatic heterocycles. The molecule has 3 nitrogen and oxygen atoms in total. The van der Waals surface area contributed by atoms with E-state index in [1.807, 2.05) is 0 Å². The summed E-state index contributed by atoms with van der Waals surface area (Å²) in [7, 11) is 0.